The number of thiophene rings is 1. The average Bonchev–Trinajstić information content (AvgIpc) is 2.98. The lowest BCUT2D eigenvalue weighted by atomic mass is 10.4. The molecule has 0 aliphatic carbocycles. The smallest absolute Gasteiger partial charge is 0.268 e. The minimum atomic E-state index is 0.439. The molecular formula is C10H7N5OS. The molecule has 2 N–H and O–H groups in total. The Bertz CT molecular complexity index is 633. The van der Waals surface area contributed by atoms with Gasteiger partial charge in [0.25, 0.3) is 5.89 Å². The summed E-state index contributed by atoms with van der Waals surface area (Å²) in [6.07, 6.45) is 3.07. The van der Waals surface area contributed by atoms with Gasteiger partial charge in [-0.25, -0.2) is 9.97 Å². The fraction of sp³-hybridized carbons (Fsp3) is 0. The molecule has 3 aromatic heterocycles. The highest BCUT2D eigenvalue weighted by Crippen LogP contribution is 2.29. The lowest BCUT2D eigenvalue weighted by Gasteiger charge is -1.88. The molecule has 0 aliphatic heterocycles. The van der Waals surface area contributed by atoms with Crippen LogP contribution in [0.2, 0.25) is 0 Å². The Morgan fingerprint density at radius 2 is 2.18 bits per heavy atom. The Balaban J connectivity index is 1.99. The van der Waals surface area contributed by atoms with E-state index in [1.165, 1.54) is 17.7 Å². The molecule has 0 unspecified atom stereocenters. The first-order valence-electron chi connectivity index (χ1n) is 4.79. The van der Waals surface area contributed by atoms with Crippen LogP contribution in [0.15, 0.2) is 35.2 Å². The lowest BCUT2D eigenvalue weighted by molar-refractivity contribution is 0.433. The predicted molar refractivity (Wildman–Crippen MR) is 63.0 cm³/mol. The van der Waals surface area contributed by atoms with E-state index in [0.29, 0.717) is 22.4 Å². The summed E-state index contributed by atoms with van der Waals surface area (Å²) in [4.78, 5) is 13.0. The molecule has 0 amide bonds. The van der Waals surface area contributed by atoms with Crippen LogP contribution in [0, 0.1) is 0 Å². The zero-order valence-corrected chi connectivity index (χ0v) is 9.39. The number of aromatic nitrogens is 4. The van der Waals surface area contributed by atoms with Crippen LogP contribution in [-0.2, 0) is 0 Å². The quantitative estimate of drug-likeness (QED) is 0.740. The fourth-order valence-electron chi connectivity index (χ4n) is 1.32. The zero-order chi connectivity index (χ0) is 11.7. The summed E-state index contributed by atoms with van der Waals surface area (Å²) in [6, 6.07) is 5.36. The maximum absolute atomic E-state index is 5.64. The Labute approximate surface area is 100 Å². The molecule has 17 heavy (non-hydrogen) atoms. The number of hydrogen-bond donors (Lipinski definition) is 1. The Morgan fingerprint density at radius 3 is 2.88 bits per heavy atom. The van der Waals surface area contributed by atoms with Crippen molar-refractivity contribution in [3.63, 3.8) is 0 Å². The van der Waals surface area contributed by atoms with E-state index >= 15 is 0 Å². The number of nitrogens with two attached hydrogens (primary N) is 1. The molecule has 0 aromatic carbocycles. The number of nitrogen functional groups attached to an aromatic ring is 1. The first-order chi connectivity index (χ1) is 8.33. The molecule has 0 fully saturated rings. The van der Waals surface area contributed by atoms with Gasteiger partial charge in [0.1, 0.15) is 12.0 Å². The molecule has 3 rings (SSSR count). The van der Waals surface area contributed by atoms with Crippen LogP contribution < -0.4 is 5.73 Å². The minimum Gasteiger partial charge on any atom is -0.391 e. The molecule has 3 heterocycles. The van der Waals surface area contributed by atoms with Crippen molar-refractivity contribution in [3.05, 3.63) is 30.7 Å². The van der Waals surface area contributed by atoms with E-state index in [4.69, 9.17) is 10.3 Å². The van der Waals surface area contributed by atoms with Gasteiger partial charge in [0.2, 0.25) is 5.82 Å². The molecule has 0 saturated carbocycles. The third-order valence-electron chi connectivity index (χ3n) is 2.07. The van der Waals surface area contributed by atoms with E-state index in [0.717, 1.165) is 4.88 Å². The van der Waals surface area contributed by atoms with E-state index in [1.54, 1.807) is 18.3 Å². The summed E-state index contributed by atoms with van der Waals surface area (Å²) in [6.45, 7) is 0. The SMILES string of the molecule is Nc1ccc(-c2nc(-c3ccncn3)no2)s1. The van der Waals surface area contributed by atoms with E-state index in [2.05, 4.69) is 20.1 Å². The van der Waals surface area contributed by atoms with Gasteiger partial charge in [-0.2, -0.15) is 4.98 Å². The number of anilines is 1. The molecule has 0 spiro atoms. The van der Waals surface area contributed by atoms with E-state index in [9.17, 15) is 0 Å². The largest absolute Gasteiger partial charge is 0.391 e. The monoisotopic (exact) mass is 245 g/mol. The van der Waals surface area contributed by atoms with Crippen molar-refractivity contribution in [2.45, 2.75) is 0 Å². The summed E-state index contributed by atoms with van der Waals surface area (Å²) in [5, 5.41) is 4.57. The normalized spacial score (nSPS) is 10.6. The van der Waals surface area contributed by atoms with Gasteiger partial charge in [-0.3, -0.25) is 0 Å². The van der Waals surface area contributed by atoms with Crippen LogP contribution in [-0.4, -0.2) is 20.1 Å². The van der Waals surface area contributed by atoms with Crippen molar-refractivity contribution in [1.29, 1.82) is 0 Å². The van der Waals surface area contributed by atoms with Crippen molar-refractivity contribution in [1.82, 2.24) is 20.1 Å². The maximum atomic E-state index is 5.64. The standard InChI is InChI=1S/C10H7N5OS/c11-8-2-1-7(17-8)10-14-9(15-16-10)6-3-4-12-5-13-6/h1-5H,11H2. The van der Waals surface area contributed by atoms with Gasteiger partial charge >= 0.3 is 0 Å². The van der Waals surface area contributed by atoms with Crippen LogP contribution in [0.5, 0.6) is 0 Å². The lowest BCUT2D eigenvalue weighted by Crippen LogP contribution is -1.85. The predicted octanol–water partition coefficient (Wildman–Crippen LogP) is 1.84. The molecule has 6 nitrogen and oxygen atoms in total. The van der Waals surface area contributed by atoms with Gasteiger partial charge < -0.3 is 10.3 Å². The molecule has 0 atom stereocenters. The number of hydrogen-bond acceptors (Lipinski definition) is 7. The molecule has 7 heteroatoms. The van der Waals surface area contributed by atoms with Crippen LogP contribution in [0.3, 0.4) is 0 Å². The molecule has 84 valence electrons. The molecule has 0 saturated heterocycles. The van der Waals surface area contributed by atoms with Crippen LogP contribution in [0.1, 0.15) is 0 Å². The second-order valence-electron chi connectivity index (χ2n) is 3.22. The van der Waals surface area contributed by atoms with Gasteiger partial charge in [-0.15, -0.1) is 11.3 Å². The van der Waals surface area contributed by atoms with Gasteiger partial charge in [-0.05, 0) is 18.2 Å². The topological polar surface area (TPSA) is 90.7 Å². The highest BCUT2D eigenvalue weighted by molar-refractivity contribution is 7.19. The first kappa shape index (κ1) is 9.91. The van der Waals surface area contributed by atoms with Gasteiger partial charge in [0, 0.05) is 6.20 Å². The number of rotatable bonds is 2. The highest BCUT2D eigenvalue weighted by atomic mass is 32.1. The van der Waals surface area contributed by atoms with Crippen molar-refractivity contribution >= 4 is 16.3 Å². The molecule has 0 aliphatic rings. The summed E-state index contributed by atoms with van der Waals surface area (Å²) in [5.74, 6) is 0.884. The van der Waals surface area contributed by atoms with E-state index in [-0.39, 0.29) is 0 Å². The van der Waals surface area contributed by atoms with Crippen LogP contribution in [0.4, 0.5) is 5.00 Å². The minimum absolute atomic E-state index is 0.439. The third kappa shape index (κ3) is 1.87. The van der Waals surface area contributed by atoms with Crippen LogP contribution >= 0.6 is 11.3 Å². The molecule has 3 aromatic rings. The maximum Gasteiger partial charge on any atom is 0.268 e. The fourth-order valence-corrected chi connectivity index (χ4v) is 2.01. The number of nitrogens with zero attached hydrogens (tertiary/aromatic N) is 4. The third-order valence-corrected chi connectivity index (χ3v) is 2.98. The second kappa shape index (κ2) is 3.95. The summed E-state index contributed by atoms with van der Waals surface area (Å²) >= 11 is 1.40. The molecule has 0 bridgehead atoms. The zero-order valence-electron chi connectivity index (χ0n) is 8.57. The Morgan fingerprint density at radius 1 is 1.24 bits per heavy atom. The van der Waals surface area contributed by atoms with E-state index < -0.39 is 0 Å². The van der Waals surface area contributed by atoms with Crippen molar-refractivity contribution < 1.29 is 4.52 Å². The summed E-state index contributed by atoms with van der Waals surface area (Å²) in [5.41, 5.74) is 6.27. The van der Waals surface area contributed by atoms with Gasteiger partial charge in [0.15, 0.2) is 0 Å². The first-order valence-corrected chi connectivity index (χ1v) is 5.60. The van der Waals surface area contributed by atoms with Crippen molar-refractivity contribution in [3.8, 4) is 22.3 Å². The molecule has 0 radical (unpaired) electrons. The van der Waals surface area contributed by atoms with Crippen molar-refractivity contribution in [2.75, 3.05) is 5.73 Å². The highest BCUT2D eigenvalue weighted by Gasteiger charge is 2.12. The average molecular weight is 245 g/mol. The van der Waals surface area contributed by atoms with Gasteiger partial charge in [0.05, 0.1) is 9.88 Å². The summed E-state index contributed by atoms with van der Waals surface area (Å²) in [7, 11) is 0. The Hall–Kier alpha value is -2.28. The summed E-state index contributed by atoms with van der Waals surface area (Å²) < 4.78 is 5.15. The second-order valence-corrected chi connectivity index (χ2v) is 4.34. The van der Waals surface area contributed by atoms with E-state index in [1.807, 2.05) is 6.07 Å². The van der Waals surface area contributed by atoms with Crippen LogP contribution in [0.25, 0.3) is 22.3 Å². The van der Waals surface area contributed by atoms with Crippen molar-refractivity contribution in [2.24, 2.45) is 0 Å². The molecular weight excluding hydrogens is 238 g/mol. The Kier molecular flexibility index (Phi) is 2.30. The van der Waals surface area contributed by atoms with Gasteiger partial charge in [-0.1, -0.05) is 5.16 Å².